The molecule has 6 aliphatic rings. The lowest BCUT2D eigenvalue weighted by atomic mass is 9.52. The van der Waals surface area contributed by atoms with Crippen LogP contribution in [0, 0.1) is 5.92 Å². The number of furan rings is 1. The van der Waals surface area contributed by atoms with Gasteiger partial charge < -0.3 is 19.0 Å². The van der Waals surface area contributed by atoms with Gasteiger partial charge in [-0.1, -0.05) is 203 Å². The van der Waals surface area contributed by atoms with Crippen LogP contribution in [0.2, 0.25) is 0 Å². The Hall–Kier alpha value is -9.38. The van der Waals surface area contributed by atoms with Crippen molar-refractivity contribution >= 4 is 39.4 Å². The molecule has 1 spiro atoms. The Labute approximate surface area is 479 Å². The van der Waals surface area contributed by atoms with Gasteiger partial charge in [0, 0.05) is 67.1 Å². The van der Waals surface area contributed by atoms with Gasteiger partial charge in [0.05, 0.1) is 16.6 Å². The molecule has 1 aromatic heterocycles. The number of benzene rings is 10. The zero-order chi connectivity index (χ0) is 55.0. The zero-order valence-electron chi connectivity index (χ0n) is 47.0. The van der Waals surface area contributed by atoms with Crippen molar-refractivity contribution in [3.05, 3.63) is 304 Å². The van der Waals surface area contributed by atoms with Crippen molar-refractivity contribution in [3.63, 3.8) is 0 Å². The summed E-state index contributed by atoms with van der Waals surface area (Å²) in [7, 11) is 0. The third-order valence-corrected chi connectivity index (χ3v) is 20.1. The second-order valence-electron chi connectivity index (χ2n) is 24.6. The van der Waals surface area contributed by atoms with E-state index >= 15 is 0 Å². The van der Waals surface area contributed by atoms with Gasteiger partial charge in [-0.3, -0.25) is 0 Å². The molecule has 0 bridgehead atoms. The lowest BCUT2D eigenvalue weighted by Gasteiger charge is -2.60. The Morgan fingerprint density at radius 2 is 1.09 bits per heavy atom. The minimum absolute atomic E-state index is 0.0134. The van der Waals surface area contributed by atoms with E-state index in [1.54, 1.807) is 0 Å². The molecule has 17 rings (SSSR count). The topological polar surface area (TPSA) is 28.9 Å². The fraction of sp³-hybridized carbons (Fsp3) is 0.154. The van der Waals surface area contributed by atoms with Crippen LogP contribution in [0.15, 0.2) is 258 Å². The van der Waals surface area contributed by atoms with E-state index in [1.165, 1.54) is 89.0 Å². The van der Waals surface area contributed by atoms with Crippen molar-refractivity contribution in [3.8, 4) is 44.9 Å². The molecule has 0 saturated carbocycles. The van der Waals surface area contributed by atoms with Crippen LogP contribution in [0.3, 0.4) is 0 Å². The van der Waals surface area contributed by atoms with E-state index in [2.05, 4.69) is 294 Å². The van der Waals surface area contributed by atoms with Crippen LogP contribution in [0.5, 0.6) is 11.5 Å². The molecule has 10 aromatic carbocycles. The van der Waals surface area contributed by atoms with Crippen molar-refractivity contribution in [1.29, 1.82) is 0 Å². The van der Waals surface area contributed by atoms with E-state index in [-0.39, 0.29) is 17.3 Å². The molecule has 4 atom stereocenters. The van der Waals surface area contributed by atoms with E-state index in [0.29, 0.717) is 0 Å². The van der Waals surface area contributed by atoms with Gasteiger partial charge in [-0.05, 0) is 154 Å². The number of rotatable bonds is 5. The number of hydrogen-bond donors (Lipinski definition) is 0. The molecule has 0 N–H and O–H groups in total. The SMILES string of the molecule is CC1C=CC2(C)C3=C1C(C)c1oc4ccc(N(c5ccccc5)c5cccc(-c6ccc7c(c6)C(C)(C)c6ccccc6-7)c5)cc4c1C3(C)N(c1ccccc1)c1ccc3c(c12)Oc1ccccc1C31c2ccccc2-c2ccccc21. The maximum Gasteiger partial charge on any atom is 0.138 e. The van der Waals surface area contributed by atoms with Crippen molar-refractivity contribution < 1.29 is 9.15 Å². The van der Waals surface area contributed by atoms with Crippen molar-refractivity contribution in [2.75, 3.05) is 9.80 Å². The molecule has 3 heterocycles. The molecule has 0 amide bonds. The highest BCUT2D eigenvalue weighted by atomic mass is 16.5. The van der Waals surface area contributed by atoms with Gasteiger partial charge in [0.15, 0.2) is 0 Å². The summed E-state index contributed by atoms with van der Waals surface area (Å²) in [5, 5.41) is 1.11. The third kappa shape index (κ3) is 5.96. The maximum atomic E-state index is 7.62. The third-order valence-electron chi connectivity index (χ3n) is 20.1. The van der Waals surface area contributed by atoms with Crippen molar-refractivity contribution in [2.45, 2.75) is 69.2 Å². The number of fused-ring (bicyclic) bond motifs is 19. The molecule has 82 heavy (non-hydrogen) atoms. The largest absolute Gasteiger partial charge is 0.460 e. The highest BCUT2D eigenvalue weighted by Gasteiger charge is 2.62. The van der Waals surface area contributed by atoms with E-state index in [0.717, 1.165) is 56.7 Å². The first-order chi connectivity index (χ1) is 40.0. The number of ether oxygens (including phenoxy) is 1. The summed E-state index contributed by atoms with van der Waals surface area (Å²) in [4.78, 5) is 5.08. The first kappa shape index (κ1) is 47.4. The molecule has 0 radical (unpaired) electrons. The van der Waals surface area contributed by atoms with Gasteiger partial charge in [-0.2, -0.15) is 0 Å². The highest BCUT2D eigenvalue weighted by Crippen LogP contribution is 2.71. The monoisotopic (exact) mass is 1060 g/mol. The zero-order valence-corrected chi connectivity index (χ0v) is 47.0. The minimum Gasteiger partial charge on any atom is -0.460 e. The van der Waals surface area contributed by atoms with Crippen LogP contribution >= 0.6 is 0 Å². The number of nitrogens with zero attached hydrogens (tertiary/aromatic N) is 2. The predicted molar refractivity (Wildman–Crippen MR) is 335 cm³/mol. The van der Waals surface area contributed by atoms with Crippen LogP contribution in [0.1, 0.15) is 97.7 Å². The van der Waals surface area contributed by atoms with E-state index < -0.39 is 16.4 Å². The molecule has 4 nitrogen and oxygen atoms in total. The minimum atomic E-state index is -0.729. The van der Waals surface area contributed by atoms with Crippen molar-refractivity contribution in [1.82, 2.24) is 0 Å². The maximum absolute atomic E-state index is 7.62. The summed E-state index contributed by atoms with van der Waals surface area (Å²) in [6, 6.07) is 85.6. The van der Waals surface area contributed by atoms with Crippen molar-refractivity contribution in [2.24, 2.45) is 5.92 Å². The summed E-state index contributed by atoms with van der Waals surface area (Å²) in [5.74, 6) is 3.00. The Balaban J connectivity index is 0.889. The predicted octanol–water partition coefficient (Wildman–Crippen LogP) is 20.3. The van der Waals surface area contributed by atoms with Crippen LogP contribution in [0.25, 0.3) is 44.3 Å². The smallest absolute Gasteiger partial charge is 0.138 e. The molecule has 394 valence electrons. The molecule has 2 aliphatic heterocycles. The van der Waals surface area contributed by atoms with Gasteiger partial charge in [0.1, 0.15) is 22.8 Å². The van der Waals surface area contributed by atoms with Gasteiger partial charge >= 0.3 is 0 Å². The Kier molecular flexibility index (Phi) is 9.61. The number of allylic oxidation sites excluding steroid dienone is 3. The molecular formula is C78H60N2O2. The summed E-state index contributed by atoms with van der Waals surface area (Å²) in [6.45, 7) is 14.5. The molecular weight excluding hydrogens is 997 g/mol. The van der Waals surface area contributed by atoms with Crippen LogP contribution < -0.4 is 14.5 Å². The summed E-state index contributed by atoms with van der Waals surface area (Å²) < 4.78 is 15.0. The molecule has 0 fully saturated rings. The Morgan fingerprint density at radius 3 is 1.83 bits per heavy atom. The lowest BCUT2D eigenvalue weighted by Crippen LogP contribution is -2.56. The van der Waals surface area contributed by atoms with Gasteiger partial charge in [-0.15, -0.1) is 0 Å². The van der Waals surface area contributed by atoms with Crippen LogP contribution in [-0.2, 0) is 21.8 Å². The number of anilines is 5. The highest BCUT2D eigenvalue weighted by molar-refractivity contribution is 5.97. The van der Waals surface area contributed by atoms with Gasteiger partial charge in [-0.25, -0.2) is 0 Å². The second kappa shape index (κ2) is 16.6. The summed E-state index contributed by atoms with van der Waals surface area (Å²) in [5.41, 5.74) is 24.8. The fourth-order valence-electron chi connectivity index (χ4n) is 16.7. The van der Waals surface area contributed by atoms with E-state index in [4.69, 9.17) is 9.15 Å². The summed E-state index contributed by atoms with van der Waals surface area (Å²) >= 11 is 0. The Bertz CT molecular complexity index is 4570. The fourth-order valence-corrected chi connectivity index (χ4v) is 16.7. The van der Waals surface area contributed by atoms with Crippen LogP contribution in [0.4, 0.5) is 28.4 Å². The number of hydrogen-bond acceptors (Lipinski definition) is 4. The first-order valence-electron chi connectivity index (χ1n) is 29.2. The molecule has 4 unspecified atom stereocenters. The van der Waals surface area contributed by atoms with Gasteiger partial charge in [0.25, 0.3) is 0 Å². The average Bonchev–Trinajstić information content (AvgIpc) is 1.94. The molecule has 0 saturated heterocycles. The quantitative estimate of drug-likeness (QED) is 0.161. The lowest BCUT2D eigenvalue weighted by molar-refractivity contribution is 0.370. The van der Waals surface area contributed by atoms with Crippen LogP contribution in [-0.4, -0.2) is 0 Å². The van der Waals surface area contributed by atoms with E-state index in [1.807, 2.05) is 0 Å². The average molecular weight is 1060 g/mol. The number of para-hydroxylation sites is 3. The second-order valence-corrected chi connectivity index (χ2v) is 24.6. The van der Waals surface area contributed by atoms with E-state index in [9.17, 15) is 0 Å². The first-order valence-corrected chi connectivity index (χ1v) is 29.2. The van der Waals surface area contributed by atoms with Gasteiger partial charge in [0.2, 0.25) is 0 Å². The molecule has 4 heteroatoms. The summed E-state index contributed by atoms with van der Waals surface area (Å²) in [6.07, 6.45) is 4.99. The standard InChI is InChI=1S/C78H60N2O2/c1-47-42-43-76(5)71-66(40-39-64-73(71)82-68-35-20-19-34-63(68)78(64)61-32-17-14-29-56(61)57-30-15-18-33-62(57)78)80(52-25-11-8-12-26-52)77(6)70-59-46-54(37-41-67(59)81-72(70)48(2)69(47)74(76)77)79(51-23-9-7-10-24-51)53-27-21-22-49(44-53)50-36-38-58-55-28-13-16-31-60(55)75(3,4)65(58)45-50/h7-48H,1-6H3. The molecule has 4 aliphatic carbocycles. The molecule has 11 aromatic rings. The Morgan fingerprint density at radius 1 is 0.476 bits per heavy atom. The normalized spacial score (nSPS) is 21.1.